The first-order chi connectivity index (χ1) is 13.1. The van der Waals surface area contributed by atoms with Gasteiger partial charge in [-0.2, -0.15) is 0 Å². The van der Waals surface area contributed by atoms with Crippen molar-refractivity contribution in [3.63, 3.8) is 0 Å². The first-order valence-corrected chi connectivity index (χ1v) is 8.72. The minimum absolute atomic E-state index is 0.0437. The van der Waals surface area contributed by atoms with E-state index in [0.717, 1.165) is 6.07 Å². The Morgan fingerprint density at radius 3 is 2.46 bits per heavy atom. The Kier molecular flexibility index (Phi) is 3.85. The Morgan fingerprint density at radius 2 is 1.79 bits per heavy atom. The van der Waals surface area contributed by atoms with Gasteiger partial charge in [0.1, 0.15) is 28.2 Å². The maximum atomic E-state index is 13.1. The zero-order valence-electron chi connectivity index (χ0n) is 15.2. The van der Waals surface area contributed by atoms with Crippen molar-refractivity contribution in [2.24, 2.45) is 0 Å². The average molecular weight is 382 g/mol. The summed E-state index contributed by atoms with van der Waals surface area (Å²) in [6.07, 6.45) is -1.02. The molecule has 2 aromatic carbocycles. The molecule has 0 radical (unpaired) electrons. The number of phenolic OH excluding ortho intramolecular Hbond substituents is 2. The van der Waals surface area contributed by atoms with Crippen LogP contribution >= 0.6 is 0 Å². The topological polar surface area (TPSA) is 128 Å². The molecule has 4 N–H and O–H groups in total. The number of hydrogen-bond acceptors (Lipinski definition) is 7. The van der Waals surface area contributed by atoms with Gasteiger partial charge in [-0.25, -0.2) is 0 Å². The standard InChI is InChI=1S/C21H18O7/c1-9(22)21(2,27)15-8-14(25)18-13(24)7-11-6-10-4-3-5-12(23)16(10)19(26)17(11)20(18)28-15/h3-5,7-9,22-24,27H,6H2,1-2H3/t9-,21-/m0/s1. The highest BCUT2D eigenvalue weighted by Gasteiger charge is 2.35. The van der Waals surface area contributed by atoms with Crippen LogP contribution < -0.4 is 5.43 Å². The van der Waals surface area contributed by atoms with Crippen LogP contribution in [0.3, 0.4) is 0 Å². The monoisotopic (exact) mass is 382 g/mol. The molecule has 144 valence electrons. The minimum atomic E-state index is -1.89. The highest BCUT2D eigenvalue weighted by atomic mass is 16.4. The van der Waals surface area contributed by atoms with Gasteiger partial charge in [0, 0.05) is 6.07 Å². The number of aliphatic hydroxyl groups is 2. The number of carbonyl (C=O) groups is 1. The van der Waals surface area contributed by atoms with Crippen molar-refractivity contribution < 1.29 is 29.6 Å². The quantitative estimate of drug-likeness (QED) is 0.417. The summed E-state index contributed by atoms with van der Waals surface area (Å²) in [5.74, 6) is -1.31. The van der Waals surface area contributed by atoms with Crippen molar-refractivity contribution in [2.75, 3.05) is 0 Å². The summed E-state index contributed by atoms with van der Waals surface area (Å²) in [7, 11) is 0. The van der Waals surface area contributed by atoms with Crippen molar-refractivity contribution in [1.29, 1.82) is 0 Å². The van der Waals surface area contributed by atoms with Crippen LogP contribution in [-0.2, 0) is 12.0 Å². The predicted octanol–water partition coefficient (Wildman–Crippen LogP) is 1.93. The number of rotatable bonds is 2. The van der Waals surface area contributed by atoms with Gasteiger partial charge in [0.25, 0.3) is 0 Å². The van der Waals surface area contributed by atoms with Crippen LogP contribution in [0.2, 0.25) is 0 Å². The van der Waals surface area contributed by atoms with E-state index < -0.39 is 22.9 Å². The Bertz CT molecular complexity index is 1200. The van der Waals surface area contributed by atoms with E-state index in [2.05, 4.69) is 0 Å². The molecule has 1 aliphatic carbocycles. The molecule has 28 heavy (non-hydrogen) atoms. The largest absolute Gasteiger partial charge is 0.507 e. The van der Waals surface area contributed by atoms with Crippen LogP contribution in [0.1, 0.15) is 46.7 Å². The summed E-state index contributed by atoms with van der Waals surface area (Å²) in [4.78, 5) is 25.8. The van der Waals surface area contributed by atoms with Crippen molar-refractivity contribution in [2.45, 2.75) is 32.0 Å². The Morgan fingerprint density at radius 1 is 1.07 bits per heavy atom. The van der Waals surface area contributed by atoms with Crippen molar-refractivity contribution in [3.8, 4) is 11.5 Å². The lowest BCUT2D eigenvalue weighted by Crippen LogP contribution is -2.35. The van der Waals surface area contributed by atoms with E-state index in [1.165, 1.54) is 26.0 Å². The number of carbonyl (C=O) groups excluding carboxylic acids is 1. The fourth-order valence-electron chi connectivity index (χ4n) is 3.54. The third kappa shape index (κ3) is 2.44. The second kappa shape index (κ2) is 5.92. The molecular formula is C21H18O7. The van der Waals surface area contributed by atoms with Gasteiger partial charge in [-0.15, -0.1) is 0 Å². The Labute approximate surface area is 159 Å². The van der Waals surface area contributed by atoms with Gasteiger partial charge in [-0.1, -0.05) is 12.1 Å². The summed E-state index contributed by atoms with van der Waals surface area (Å²) >= 11 is 0. The van der Waals surface area contributed by atoms with Crippen molar-refractivity contribution in [1.82, 2.24) is 0 Å². The normalized spacial score (nSPS) is 16.4. The number of benzene rings is 2. The summed E-state index contributed by atoms with van der Waals surface area (Å²) in [5, 5.41) is 40.7. The number of aliphatic hydroxyl groups excluding tert-OH is 1. The lowest BCUT2D eigenvalue weighted by atomic mass is 9.83. The van der Waals surface area contributed by atoms with Crippen LogP contribution in [0.15, 0.2) is 39.5 Å². The number of fused-ring (bicyclic) bond motifs is 4. The van der Waals surface area contributed by atoms with E-state index in [9.17, 15) is 30.0 Å². The third-order valence-electron chi connectivity index (χ3n) is 5.34. The van der Waals surface area contributed by atoms with E-state index >= 15 is 0 Å². The fourth-order valence-corrected chi connectivity index (χ4v) is 3.54. The molecule has 0 spiro atoms. The molecule has 0 aliphatic heterocycles. The van der Waals surface area contributed by atoms with E-state index in [4.69, 9.17) is 4.42 Å². The number of hydrogen-bond donors (Lipinski definition) is 4. The van der Waals surface area contributed by atoms with Gasteiger partial charge in [-0.3, -0.25) is 9.59 Å². The van der Waals surface area contributed by atoms with Crippen LogP contribution in [0.25, 0.3) is 11.0 Å². The molecule has 0 amide bonds. The molecule has 0 bridgehead atoms. The Hall–Kier alpha value is -3.16. The highest BCUT2D eigenvalue weighted by molar-refractivity contribution is 6.19. The third-order valence-corrected chi connectivity index (χ3v) is 5.34. The van der Waals surface area contributed by atoms with E-state index in [0.29, 0.717) is 11.1 Å². The molecule has 7 nitrogen and oxygen atoms in total. The van der Waals surface area contributed by atoms with Gasteiger partial charge in [-0.05, 0) is 43.5 Å². The molecular weight excluding hydrogens is 364 g/mol. The van der Waals surface area contributed by atoms with Gasteiger partial charge < -0.3 is 24.8 Å². The molecule has 1 aliphatic rings. The molecule has 7 heteroatoms. The lowest BCUT2D eigenvalue weighted by Gasteiger charge is -2.26. The van der Waals surface area contributed by atoms with E-state index in [1.54, 1.807) is 12.1 Å². The average Bonchev–Trinajstić information content (AvgIpc) is 2.60. The molecule has 3 aromatic rings. The van der Waals surface area contributed by atoms with Crippen LogP contribution in [0.4, 0.5) is 0 Å². The zero-order chi connectivity index (χ0) is 20.4. The van der Waals surface area contributed by atoms with Gasteiger partial charge in [0.2, 0.25) is 5.78 Å². The Balaban J connectivity index is 2.09. The number of aromatic hydroxyl groups is 2. The van der Waals surface area contributed by atoms with Gasteiger partial charge >= 0.3 is 0 Å². The highest BCUT2D eigenvalue weighted by Crippen LogP contribution is 2.39. The van der Waals surface area contributed by atoms with Crippen LogP contribution in [-0.4, -0.2) is 32.3 Å². The summed E-state index contributed by atoms with van der Waals surface area (Å²) in [5.41, 5.74) is -1.55. The summed E-state index contributed by atoms with van der Waals surface area (Å²) in [6, 6.07) is 7.03. The summed E-state index contributed by atoms with van der Waals surface area (Å²) in [6.45, 7) is 2.61. The first kappa shape index (κ1) is 18.2. The van der Waals surface area contributed by atoms with Crippen LogP contribution in [0.5, 0.6) is 11.5 Å². The molecule has 0 fully saturated rings. The molecule has 2 atom stereocenters. The fraction of sp³-hybridized carbons (Fsp3) is 0.238. The minimum Gasteiger partial charge on any atom is -0.507 e. The van der Waals surface area contributed by atoms with E-state index in [-0.39, 0.29) is 45.8 Å². The maximum Gasteiger partial charge on any atom is 0.201 e. The number of phenols is 2. The molecule has 0 unspecified atom stereocenters. The smallest absolute Gasteiger partial charge is 0.201 e. The molecule has 0 saturated carbocycles. The second-order valence-electron chi connectivity index (χ2n) is 7.25. The van der Waals surface area contributed by atoms with Crippen LogP contribution in [0, 0.1) is 0 Å². The zero-order valence-corrected chi connectivity index (χ0v) is 15.2. The van der Waals surface area contributed by atoms with Gasteiger partial charge in [0.05, 0.1) is 17.2 Å². The molecule has 4 rings (SSSR count). The van der Waals surface area contributed by atoms with Crippen molar-refractivity contribution >= 4 is 16.8 Å². The number of ketones is 1. The van der Waals surface area contributed by atoms with Gasteiger partial charge in [0.15, 0.2) is 11.0 Å². The molecule has 1 aromatic heterocycles. The summed E-state index contributed by atoms with van der Waals surface area (Å²) < 4.78 is 5.70. The SMILES string of the molecule is C[C@H](O)[C@](C)(O)c1cc(=O)c2c(O)cc3c(c2o1)C(=O)c1c(O)cccc1C3. The second-order valence-corrected chi connectivity index (χ2v) is 7.25. The first-order valence-electron chi connectivity index (χ1n) is 8.72. The molecule has 1 heterocycles. The molecule has 0 saturated heterocycles. The van der Waals surface area contributed by atoms with Crippen molar-refractivity contribution in [3.05, 3.63) is 68.6 Å². The predicted molar refractivity (Wildman–Crippen MR) is 99.7 cm³/mol. The lowest BCUT2D eigenvalue weighted by molar-refractivity contribution is -0.0708. The van der Waals surface area contributed by atoms with E-state index in [1.807, 2.05) is 0 Å². The maximum absolute atomic E-state index is 13.1.